The highest BCUT2D eigenvalue weighted by atomic mass is 16.5. The van der Waals surface area contributed by atoms with Crippen molar-refractivity contribution in [3.63, 3.8) is 0 Å². The van der Waals surface area contributed by atoms with E-state index in [-0.39, 0.29) is 17.9 Å². The van der Waals surface area contributed by atoms with Crippen molar-refractivity contribution in [1.29, 1.82) is 0 Å². The molecule has 1 fully saturated rings. The zero-order valence-electron chi connectivity index (χ0n) is 10.9. The molecular weight excluding hydrogens is 218 g/mol. The molecule has 5 heteroatoms. The Morgan fingerprint density at radius 2 is 2.41 bits per heavy atom. The molecule has 0 saturated carbocycles. The summed E-state index contributed by atoms with van der Waals surface area (Å²) in [6, 6.07) is 0. The van der Waals surface area contributed by atoms with Gasteiger partial charge in [0, 0.05) is 33.3 Å². The third-order valence-corrected chi connectivity index (χ3v) is 3.24. The first-order valence-electron chi connectivity index (χ1n) is 6.40. The van der Waals surface area contributed by atoms with Gasteiger partial charge >= 0.3 is 0 Å². The number of amides is 1. The number of nitrogens with two attached hydrogens (primary N) is 1. The molecule has 0 aromatic heterocycles. The largest absolute Gasteiger partial charge is 0.380 e. The Bertz CT molecular complexity index is 236. The SMILES string of the molecule is COC(C)CN1CCCC(C(=O)NCCN)C1. The molecule has 2 unspecified atom stereocenters. The maximum Gasteiger partial charge on any atom is 0.224 e. The lowest BCUT2D eigenvalue weighted by Crippen LogP contribution is -2.45. The van der Waals surface area contributed by atoms with Crippen molar-refractivity contribution in [2.24, 2.45) is 11.7 Å². The lowest BCUT2D eigenvalue weighted by molar-refractivity contribution is -0.126. The third-order valence-electron chi connectivity index (χ3n) is 3.24. The first kappa shape index (κ1) is 14.4. The quantitative estimate of drug-likeness (QED) is 0.678. The molecule has 100 valence electrons. The van der Waals surface area contributed by atoms with Crippen LogP contribution in [0.3, 0.4) is 0 Å². The van der Waals surface area contributed by atoms with E-state index in [1.54, 1.807) is 7.11 Å². The number of methoxy groups -OCH3 is 1. The zero-order chi connectivity index (χ0) is 12.7. The number of rotatable bonds is 6. The van der Waals surface area contributed by atoms with Crippen LogP contribution in [0.25, 0.3) is 0 Å². The van der Waals surface area contributed by atoms with Gasteiger partial charge < -0.3 is 15.8 Å². The Hall–Kier alpha value is -0.650. The van der Waals surface area contributed by atoms with E-state index in [1.165, 1.54) is 0 Å². The molecule has 3 N–H and O–H groups in total. The van der Waals surface area contributed by atoms with Crippen LogP contribution in [0, 0.1) is 5.92 Å². The van der Waals surface area contributed by atoms with Gasteiger partial charge in [-0.15, -0.1) is 0 Å². The number of hydrogen-bond acceptors (Lipinski definition) is 4. The smallest absolute Gasteiger partial charge is 0.224 e. The first-order valence-corrected chi connectivity index (χ1v) is 6.40. The van der Waals surface area contributed by atoms with Gasteiger partial charge in [-0.1, -0.05) is 0 Å². The summed E-state index contributed by atoms with van der Waals surface area (Å²) in [5, 5.41) is 2.87. The molecule has 1 aliphatic heterocycles. The van der Waals surface area contributed by atoms with E-state index < -0.39 is 0 Å². The predicted molar refractivity (Wildman–Crippen MR) is 67.7 cm³/mol. The number of likely N-dealkylation sites (tertiary alicyclic amines) is 1. The van der Waals surface area contributed by atoms with Gasteiger partial charge in [-0.25, -0.2) is 0 Å². The fourth-order valence-corrected chi connectivity index (χ4v) is 2.21. The van der Waals surface area contributed by atoms with E-state index in [9.17, 15) is 4.79 Å². The molecule has 1 rings (SSSR count). The average Bonchev–Trinajstić information content (AvgIpc) is 2.36. The number of nitrogens with one attached hydrogen (secondary N) is 1. The molecule has 1 saturated heterocycles. The Morgan fingerprint density at radius 1 is 1.65 bits per heavy atom. The molecule has 17 heavy (non-hydrogen) atoms. The van der Waals surface area contributed by atoms with E-state index in [1.807, 2.05) is 0 Å². The molecule has 0 aromatic rings. The van der Waals surface area contributed by atoms with Crippen molar-refractivity contribution in [2.45, 2.75) is 25.9 Å². The Morgan fingerprint density at radius 3 is 3.06 bits per heavy atom. The topological polar surface area (TPSA) is 67.6 Å². The van der Waals surface area contributed by atoms with E-state index >= 15 is 0 Å². The van der Waals surface area contributed by atoms with Gasteiger partial charge in [-0.3, -0.25) is 9.69 Å². The third kappa shape index (κ3) is 5.02. The van der Waals surface area contributed by atoms with Gasteiger partial charge in [-0.05, 0) is 26.3 Å². The van der Waals surface area contributed by atoms with E-state index in [4.69, 9.17) is 10.5 Å². The minimum Gasteiger partial charge on any atom is -0.380 e. The van der Waals surface area contributed by atoms with Crippen molar-refractivity contribution < 1.29 is 9.53 Å². The Labute approximate surface area is 104 Å². The summed E-state index contributed by atoms with van der Waals surface area (Å²) < 4.78 is 5.25. The predicted octanol–water partition coefficient (Wildman–Crippen LogP) is -0.192. The van der Waals surface area contributed by atoms with Gasteiger partial charge in [0.2, 0.25) is 5.91 Å². The normalized spacial score (nSPS) is 23.4. The molecule has 0 radical (unpaired) electrons. The van der Waals surface area contributed by atoms with Gasteiger partial charge in [-0.2, -0.15) is 0 Å². The van der Waals surface area contributed by atoms with Crippen LogP contribution in [0.15, 0.2) is 0 Å². The highest BCUT2D eigenvalue weighted by Gasteiger charge is 2.25. The molecule has 1 amide bonds. The summed E-state index contributed by atoms with van der Waals surface area (Å²) >= 11 is 0. The molecule has 2 atom stereocenters. The number of carbonyl (C=O) groups excluding carboxylic acids is 1. The monoisotopic (exact) mass is 243 g/mol. The number of nitrogens with zero attached hydrogens (tertiary/aromatic N) is 1. The summed E-state index contributed by atoms with van der Waals surface area (Å²) in [7, 11) is 1.72. The molecule has 0 aromatic carbocycles. The molecule has 0 aliphatic carbocycles. The van der Waals surface area contributed by atoms with Gasteiger partial charge in [0.05, 0.1) is 12.0 Å². The number of ether oxygens (including phenoxy) is 1. The van der Waals surface area contributed by atoms with Crippen molar-refractivity contribution in [3.05, 3.63) is 0 Å². The number of piperidine rings is 1. The van der Waals surface area contributed by atoms with Crippen molar-refractivity contribution in [3.8, 4) is 0 Å². The van der Waals surface area contributed by atoms with Gasteiger partial charge in [0.25, 0.3) is 0 Å². The van der Waals surface area contributed by atoms with Crippen LogP contribution in [0.5, 0.6) is 0 Å². The second-order valence-electron chi connectivity index (χ2n) is 4.72. The van der Waals surface area contributed by atoms with Crippen molar-refractivity contribution in [2.75, 3.05) is 39.8 Å². The molecule has 0 bridgehead atoms. The summed E-state index contributed by atoms with van der Waals surface area (Å²) in [6.07, 6.45) is 2.28. The molecule has 5 nitrogen and oxygen atoms in total. The minimum atomic E-state index is 0.111. The zero-order valence-corrected chi connectivity index (χ0v) is 10.9. The van der Waals surface area contributed by atoms with E-state index in [0.29, 0.717) is 13.1 Å². The first-order chi connectivity index (χ1) is 8.17. The van der Waals surface area contributed by atoms with Crippen LogP contribution in [0.1, 0.15) is 19.8 Å². The summed E-state index contributed by atoms with van der Waals surface area (Å²) in [4.78, 5) is 14.1. The molecule has 0 spiro atoms. The minimum absolute atomic E-state index is 0.111. The lowest BCUT2D eigenvalue weighted by Gasteiger charge is -2.33. The average molecular weight is 243 g/mol. The van der Waals surface area contributed by atoms with E-state index in [2.05, 4.69) is 17.1 Å². The van der Waals surface area contributed by atoms with Crippen LogP contribution in [0.4, 0.5) is 0 Å². The van der Waals surface area contributed by atoms with Crippen LogP contribution < -0.4 is 11.1 Å². The summed E-state index contributed by atoms with van der Waals surface area (Å²) in [6.45, 7) is 5.93. The Kier molecular flexibility index (Phi) is 6.47. The highest BCUT2D eigenvalue weighted by Crippen LogP contribution is 2.17. The summed E-state index contributed by atoms with van der Waals surface area (Å²) in [5.41, 5.74) is 5.38. The highest BCUT2D eigenvalue weighted by molar-refractivity contribution is 5.78. The second kappa shape index (κ2) is 7.63. The Balaban J connectivity index is 2.35. The fourth-order valence-electron chi connectivity index (χ4n) is 2.21. The molecule has 1 heterocycles. The maximum absolute atomic E-state index is 11.8. The molecule has 1 aliphatic rings. The molecular formula is C12H25N3O2. The van der Waals surface area contributed by atoms with E-state index in [0.717, 1.165) is 32.5 Å². The number of carbonyl (C=O) groups is 1. The summed E-state index contributed by atoms with van der Waals surface area (Å²) in [5.74, 6) is 0.254. The van der Waals surface area contributed by atoms with Crippen molar-refractivity contribution >= 4 is 5.91 Å². The second-order valence-corrected chi connectivity index (χ2v) is 4.72. The van der Waals surface area contributed by atoms with Crippen LogP contribution in [-0.2, 0) is 9.53 Å². The van der Waals surface area contributed by atoms with Gasteiger partial charge in [0.15, 0.2) is 0 Å². The standard InChI is InChI=1S/C12H25N3O2/c1-10(17-2)8-15-7-3-4-11(9-15)12(16)14-6-5-13/h10-11H,3-9,13H2,1-2H3,(H,14,16). The number of hydrogen-bond donors (Lipinski definition) is 2. The fraction of sp³-hybridized carbons (Fsp3) is 0.917. The maximum atomic E-state index is 11.8. The van der Waals surface area contributed by atoms with Crippen LogP contribution in [-0.4, -0.2) is 56.7 Å². The van der Waals surface area contributed by atoms with Crippen LogP contribution in [0.2, 0.25) is 0 Å². The lowest BCUT2D eigenvalue weighted by atomic mass is 9.97. The van der Waals surface area contributed by atoms with Crippen LogP contribution >= 0.6 is 0 Å². The van der Waals surface area contributed by atoms with Crippen molar-refractivity contribution in [1.82, 2.24) is 10.2 Å². The van der Waals surface area contributed by atoms with Gasteiger partial charge in [0.1, 0.15) is 0 Å².